The van der Waals surface area contributed by atoms with Crippen molar-refractivity contribution in [2.75, 3.05) is 10.8 Å². The monoisotopic (exact) mass is 522 g/mol. The molecule has 1 heterocycles. The van der Waals surface area contributed by atoms with Crippen LogP contribution in [0.1, 0.15) is 46.1 Å². The molecular formula is C24H24F2N2O5S2. The second-order valence-electron chi connectivity index (χ2n) is 8.42. The summed E-state index contributed by atoms with van der Waals surface area (Å²) >= 11 is 0.960. The summed E-state index contributed by atoms with van der Waals surface area (Å²) in [6.07, 6.45) is 0.994. The fraction of sp³-hybridized carbons (Fsp3) is 0.333. The van der Waals surface area contributed by atoms with Crippen molar-refractivity contribution in [3.8, 4) is 5.75 Å². The molecule has 0 radical (unpaired) electrons. The Hall–Kier alpha value is -3.05. The molecule has 1 N–H and O–H groups in total. The van der Waals surface area contributed by atoms with Gasteiger partial charge in [0.25, 0.3) is 10.0 Å². The van der Waals surface area contributed by atoms with Gasteiger partial charge in [-0.3, -0.25) is 4.31 Å². The quantitative estimate of drug-likeness (QED) is 0.429. The molecule has 186 valence electrons. The molecule has 1 aliphatic carbocycles. The van der Waals surface area contributed by atoms with Crippen LogP contribution < -0.4 is 9.04 Å². The maximum absolute atomic E-state index is 14.2. The van der Waals surface area contributed by atoms with Gasteiger partial charge < -0.3 is 9.84 Å². The number of alkyl halides is 1. The van der Waals surface area contributed by atoms with Gasteiger partial charge in [0, 0.05) is 11.1 Å². The molecule has 1 aromatic heterocycles. The zero-order valence-electron chi connectivity index (χ0n) is 19.1. The van der Waals surface area contributed by atoms with Gasteiger partial charge in [0.15, 0.2) is 0 Å². The van der Waals surface area contributed by atoms with Gasteiger partial charge in [-0.2, -0.15) is 8.42 Å². The van der Waals surface area contributed by atoms with Crippen LogP contribution in [-0.4, -0.2) is 37.2 Å². The second kappa shape index (κ2) is 9.90. The number of fused-ring (bicyclic) bond motifs is 1. The number of sulfonamides is 1. The lowest BCUT2D eigenvalue weighted by atomic mass is 10.1. The number of carboxylic acids is 1. The molecule has 1 atom stereocenters. The SMILES string of the molecule is Cc1csc(S(=O)(=O)N(C[C@H](C)F)c2cc3c(cc2OCc2ccc(C(=O)O)c(F)c2)CCC3)n1. The molecule has 0 fully saturated rings. The lowest BCUT2D eigenvalue weighted by molar-refractivity contribution is 0.0691. The first kappa shape index (κ1) is 25.1. The average Bonchev–Trinajstić information content (AvgIpc) is 3.43. The lowest BCUT2D eigenvalue weighted by Gasteiger charge is -2.27. The standard InChI is InChI=1S/C24H24F2N2O5S2/c1-14(25)11-28(35(31,32)24-27-15(2)13-34-24)21-9-17-4-3-5-18(17)10-22(21)33-12-16-6-7-19(23(29)30)20(26)8-16/h6-10,13-14H,3-5,11-12H2,1-2H3,(H,29,30)/t14-/m0/s1. The number of aromatic nitrogens is 1. The number of ether oxygens (including phenoxy) is 1. The molecule has 0 bridgehead atoms. The molecule has 0 unspecified atom stereocenters. The van der Waals surface area contributed by atoms with Crippen LogP contribution in [0.3, 0.4) is 0 Å². The van der Waals surface area contributed by atoms with E-state index in [-0.39, 0.29) is 22.4 Å². The van der Waals surface area contributed by atoms with Gasteiger partial charge in [-0.05, 0) is 74.1 Å². The molecule has 0 spiro atoms. The molecule has 3 aromatic rings. The fourth-order valence-electron chi connectivity index (χ4n) is 3.98. The van der Waals surface area contributed by atoms with Crippen molar-refractivity contribution < 1.29 is 31.8 Å². The summed E-state index contributed by atoms with van der Waals surface area (Å²) in [4.78, 5) is 15.2. The summed E-state index contributed by atoms with van der Waals surface area (Å²) in [5.74, 6) is -2.07. The van der Waals surface area contributed by atoms with Crippen LogP contribution in [-0.2, 0) is 29.5 Å². The van der Waals surface area contributed by atoms with Crippen molar-refractivity contribution in [2.24, 2.45) is 0 Å². The van der Waals surface area contributed by atoms with Gasteiger partial charge >= 0.3 is 5.97 Å². The average molecular weight is 523 g/mol. The zero-order chi connectivity index (χ0) is 25.3. The van der Waals surface area contributed by atoms with Crippen LogP contribution in [0.2, 0.25) is 0 Å². The van der Waals surface area contributed by atoms with E-state index >= 15 is 0 Å². The van der Waals surface area contributed by atoms with E-state index in [1.807, 2.05) is 0 Å². The highest BCUT2D eigenvalue weighted by Crippen LogP contribution is 2.39. The number of thiazole rings is 1. The first-order chi connectivity index (χ1) is 16.6. The number of hydrogen-bond acceptors (Lipinski definition) is 6. The highest BCUT2D eigenvalue weighted by atomic mass is 32.2. The maximum Gasteiger partial charge on any atom is 0.338 e. The number of carboxylic acid groups (broad SMARTS) is 1. The zero-order valence-corrected chi connectivity index (χ0v) is 20.8. The Morgan fingerprint density at radius 1 is 1.26 bits per heavy atom. The van der Waals surface area contributed by atoms with E-state index in [1.54, 1.807) is 24.4 Å². The third-order valence-electron chi connectivity index (χ3n) is 5.63. The number of benzene rings is 2. The predicted octanol–water partition coefficient (Wildman–Crippen LogP) is 4.91. The molecule has 0 saturated carbocycles. The summed E-state index contributed by atoms with van der Waals surface area (Å²) in [6, 6.07) is 7.10. The molecule has 1 aliphatic rings. The summed E-state index contributed by atoms with van der Waals surface area (Å²) in [5, 5.41) is 10.6. The molecule has 0 aliphatic heterocycles. The van der Waals surface area contributed by atoms with Crippen molar-refractivity contribution >= 4 is 33.0 Å². The highest BCUT2D eigenvalue weighted by Gasteiger charge is 2.32. The van der Waals surface area contributed by atoms with Gasteiger partial charge in [-0.1, -0.05) is 6.07 Å². The largest absolute Gasteiger partial charge is 0.487 e. The summed E-state index contributed by atoms with van der Waals surface area (Å²) in [6.45, 7) is 2.38. The molecule has 7 nitrogen and oxygen atoms in total. The number of halogens is 2. The molecule has 0 amide bonds. The highest BCUT2D eigenvalue weighted by molar-refractivity contribution is 7.94. The number of carbonyl (C=O) groups is 1. The number of hydrogen-bond donors (Lipinski definition) is 1. The smallest absolute Gasteiger partial charge is 0.338 e. The summed E-state index contributed by atoms with van der Waals surface area (Å²) in [5.41, 5.74) is 2.60. The lowest BCUT2D eigenvalue weighted by Crippen LogP contribution is -2.36. The summed E-state index contributed by atoms with van der Waals surface area (Å²) in [7, 11) is -4.18. The molecule has 2 aromatic carbocycles. The molecular weight excluding hydrogens is 498 g/mol. The van der Waals surface area contributed by atoms with Gasteiger partial charge in [0.1, 0.15) is 24.3 Å². The van der Waals surface area contributed by atoms with Gasteiger partial charge in [-0.25, -0.2) is 18.6 Å². The van der Waals surface area contributed by atoms with E-state index in [2.05, 4.69) is 4.98 Å². The van der Waals surface area contributed by atoms with E-state index in [4.69, 9.17) is 9.84 Å². The third-order valence-corrected chi connectivity index (χ3v) is 8.76. The Balaban J connectivity index is 1.74. The number of aryl methyl sites for hydroxylation is 3. The first-order valence-corrected chi connectivity index (χ1v) is 13.3. The van der Waals surface area contributed by atoms with Gasteiger partial charge in [-0.15, -0.1) is 11.3 Å². The third kappa shape index (κ3) is 5.30. The van der Waals surface area contributed by atoms with E-state index < -0.39 is 40.1 Å². The predicted molar refractivity (Wildman–Crippen MR) is 128 cm³/mol. The Morgan fingerprint density at radius 2 is 1.97 bits per heavy atom. The van der Waals surface area contributed by atoms with Gasteiger partial charge in [0.2, 0.25) is 4.34 Å². The van der Waals surface area contributed by atoms with Crippen molar-refractivity contribution in [3.05, 3.63) is 69.5 Å². The summed E-state index contributed by atoms with van der Waals surface area (Å²) < 4.78 is 62.2. The number of aromatic carboxylic acids is 1. The second-order valence-corrected chi connectivity index (χ2v) is 11.3. The van der Waals surface area contributed by atoms with Crippen molar-refractivity contribution in [3.63, 3.8) is 0 Å². The molecule has 35 heavy (non-hydrogen) atoms. The van der Waals surface area contributed by atoms with E-state index in [1.165, 1.54) is 13.0 Å². The van der Waals surface area contributed by atoms with Crippen LogP contribution in [0.4, 0.5) is 14.5 Å². The van der Waals surface area contributed by atoms with Crippen molar-refractivity contribution in [1.29, 1.82) is 0 Å². The van der Waals surface area contributed by atoms with E-state index in [9.17, 15) is 22.0 Å². The molecule has 11 heteroatoms. The van der Waals surface area contributed by atoms with Crippen LogP contribution in [0.5, 0.6) is 5.75 Å². The minimum absolute atomic E-state index is 0.141. The minimum atomic E-state index is -4.18. The van der Waals surface area contributed by atoms with Crippen molar-refractivity contribution in [2.45, 2.75) is 50.2 Å². The van der Waals surface area contributed by atoms with Crippen LogP contribution in [0.25, 0.3) is 0 Å². The minimum Gasteiger partial charge on any atom is -0.487 e. The van der Waals surface area contributed by atoms with Crippen LogP contribution in [0, 0.1) is 12.7 Å². The van der Waals surface area contributed by atoms with Crippen LogP contribution in [0.15, 0.2) is 40.1 Å². The van der Waals surface area contributed by atoms with Crippen molar-refractivity contribution in [1.82, 2.24) is 4.98 Å². The van der Waals surface area contributed by atoms with Crippen LogP contribution >= 0.6 is 11.3 Å². The van der Waals surface area contributed by atoms with E-state index in [0.29, 0.717) is 11.3 Å². The normalized spacial score (nSPS) is 13.9. The number of rotatable bonds is 9. The Morgan fingerprint density at radius 3 is 2.57 bits per heavy atom. The fourth-order valence-corrected chi connectivity index (χ4v) is 6.65. The van der Waals surface area contributed by atoms with Gasteiger partial charge in [0.05, 0.1) is 17.8 Å². The Kier molecular flexibility index (Phi) is 7.09. The molecule has 0 saturated heterocycles. The maximum atomic E-state index is 14.2. The molecule has 4 rings (SSSR count). The topological polar surface area (TPSA) is 96.8 Å². The Labute approximate surface area is 206 Å². The number of anilines is 1. The first-order valence-electron chi connectivity index (χ1n) is 11.0. The van der Waals surface area contributed by atoms with E-state index in [0.717, 1.165) is 58.2 Å². The number of nitrogens with zero attached hydrogens (tertiary/aromatic N) is 2. The Bertz CT molecular complexity index is 1370.